The highest BCUT2D eigenvalue weighted by Crippen LogP contribution is 2.57. The van der Waals surface area contributed by atoms with E-state index in [0.717, 1.165) is 35.0 Å². The molecule has 1 aliphatic carbocycles. The molecule has 3 nitrogen and oxygen atoms in total. The van der Waals surface area contributed by atoms with Crippen LogP contribution >= 0.6 is 11.8 Å². The second kappa shape index (κ2) is 2.88. The molecule has 1 aromatic heterocycles. The van der Waals surface area contributed by atoms with Crippen molar-refractivity contribution < 1.29 is 0 Å². The second-order valence-electron chi connectivity index (χ2n) is 5.11. The summed E-state index contributed by atoms with van der Waals surface area (Å²) >= 11 is 1.78. The molecule has 15 heavy (non-hydrogen) atoms. The molecule has 2 aliphatic rings. The number of hydrogen-bond acceptors (Lipinski definition) is 3. The van der Waals surface area contributed by atoms with Crippen LogP contribution < -0.4 is 5.56 Å². The van der Waals surface area contributed by atoms with Gasteiger partial charge in [-0.2, -0.15) is 11.8 Å². The predicted molar refractivity (Wildman–Crippen MR) is 61.0 cm³/mol. The Labute approximate surface area is 92.7 Å². The van der Waals surface area contributed by atoms with Crippen LogP contribution in [0, 0.1) is 5.41 Å². The predicted octanol–water partition coefficient (Wildman–Crippen LogP) is 2.03. The number of nitrogens with zero attached hydrogens (tertiary/aromatic N) is 1. The van der Waals surface area contributed by atoms with Gasteiger partial charge in [0, 0.05) is 23.0 Å². The largest absolute Gasteiger partial charge is 0.310 e. The van der Waals surface area contributed by atoms with E-state index in [0.29, 0.717) is 11.3 Å². The SMILES string of the molecule is CC1(C)CC1c1nc2c(c(=O)[nH]1)CSC2. The van der Waals surface area contributed by atoms with Gasteiger partial charge < -0.3 is 4.98 Å². The van der Waals surface area contributed by atoms with Gasteiger partial charge in [0.15, 0.2) is 0 Å². The molecule has 2 heterocycles. The molecular weight excluding hydrogens is 208 g/mol. The molecule has 1 N–H and O–H groups in total. The van der Waals surface area contributed by atoms with E-state index in [1.54, 1.807) is 11.8 Å². The Morgan fingerprint density at radius 3 is 2.87 bits per heavy atom. The number of nitrogens with one attached hydrogen (secondary N) is 1. The molecule has 0 aromatic carbocycles. The molecular formula is C11H14N2OS. The molecule has 3 rings (SSSR count). The second-order valence-corrected chi connectivity index (χ2v) is 6.10. The first-order chi connectivity index (χ1) is 7.08. The number of rotatable bonds is 1. The Morgan fingerprint density at radius 1 is 1.47 bits per heavy atom. The maximum absolute atomic E-state index is 11.8. The maximum Gasteiger partial charge on any atom is 0.255 e. The zero-order chi connectivity index (χ0) is 10.6. The highest BCUT2D eigenvalue weighted by molar-refractivity contribution is 7.98. The van der Waals surface area contributed by atoms with Gasteiger partial charge in [-0.05, 0) is 11.8 Å². The van der Waals surface area contributed by atoms with Gasteiger partial charge in [-0.15, -0.1) is 0 Å². The molecule has 0 amide bonds. The van der Waals surface area contributed by atoms with Crippen LogP contribution in [0.4, 0.5) is 0 Å². The van der Waals surface area contributed by atoms with Crippen LogP contribution in [-0.4, -0.2) is 9.97 Å². The Hall–Kier alpha value is -0.770. The highest BCUT2D eigenvalue weighted by Gasteiger charge is 2.48. The third-order valence-electron chi connectivity index (χ3n) is 3.45. The average molecular weight is 222 g/mol. The first-order valence-electron chi connectivity index (χ1n) is 5.27. The van der Waals surface area contributed by atoms with E-state index in [9.17, 15) is 4.79 Å². The fourth-order valence-corrected chi connectivity index (χ4v) is 3.22. The maximum atomic E-state index is 11.8. The van der Waals surface area contributed by atoms with Gasteiger partial charge in [0.05, 0.1) is 5.69 Å². The number of H-pyrrole nitrogens is 1. The van der Waals surface area contributed by atoms with E-state index < -0.39 is 0 Å². The average Bonchev–Trinajstić information content (AvgIpc) is 2.63. The molecule has 0 bridgehead atoms. The van der Waals surface area contributed by atoms with Crippen LogP contribution in [0.15, 0.2) is 4.79 Å². The molecule has 1 unspecified atom stereocenters. The standard InChI is InChI=1S/C11H14N2OS/c1-11(2)3-7(11)9-12-8-5-15-4-6(8)10(14)13-9/h7H,3-5H2,1-2H3,(H,12,13,14). The number of hydrogen-bond donors (Lipinski definition) is 1. The molecule has 1 aromatic rings. The summed E-state index contributed by atoms with van der Waals surface area (Å²) in [4.78, 5) is 19.3. The number of aromatic amines is 1. The minimum absolute atomic E-state index is 0.0858. The van der Waals surface area contributed by atoms with Crippen LogP contribution in [0.3, 0.4) is 0 Å². The van der Waals surface area contributed by atoms with Crippen molar-refractivity contribution >= 4 is 11.8 Å². The molecule has 1 fully saturated rings. The van der Waals surface area contributed by atoms with E-state index in [2.05, 4.69) is 23.8 Å². The van der Waals surface area contributed by atoms with E-state index in [1.807, 2.05) is 0 Å². The highest BCUT2D eigenvalue weighted by atomic mass is 32.2. The summed E-state index contributed by atoms with van der Waals surface area (Å²) < 4.78 is 0. The molecule has 0 spiro atoms. The van der Waals surface area contributed by atoms with Crippen LogP contribution in [0.5, 0.6) is 0 Å². The van der Waals surface area contributed by atoms with Crippen LogP contribution in [0.1, 0.15) is 43.3 Å². The zero-order valence-corrected chi connectivity index (χ0v) is 9.78. The van der Waals surface area contributed by atoms with Gasteiger partial charge in [0.25, 0.3) is 5.56 Å². The quantitative estimate of drug-likeness (QED) is 0.790. The monoisotopic (exact) mass is 222 g/mol. The van der Waals surface area contributed by atoms with Gasteiger partial charge in [-0.3, -0.25) is 4.79 Å². The van der Waals surface area contributed by atoms with Crippen LogP contribution in [0.2, 0.25) is 0 Å². The number of aromatic nitrogens is 2. The third-order valence-corrected chi connectivity index (χ3v) is 4.42. The third kappa shape index (κ3) is 1.42. The van der Waals surface area contributed by atoms with Crippen molar-refractivity contribution in [3.63, 3.8) is 0 Å². The summed E-state index contributed by atoms with van der Waals surface area (Å²) in [6.45, 7) is 4.44. The van der Waals surface area contributed by atoms with Crippen molar-refractivity contribution in [3.05, 3.63) is 27.4 Å². The van der Waals surface area contributed by atoms with Crippen molar-refractivity contribution in [1.82, 2.24) is 9.97 Å². The topological polar surface area (TPSA) is 45.8 Å². The van der Waals surface area contributed by atoms with E-state index in [1.165, 1.54) is 0 Å². The van der Waals surface area contributed by atoms with Crippen molar-refractivity contribution in [1.29, 1.82) is 0 Å². The summed E-state index contributed by atoms with van der Waals surface area (Å²) in [6.07, 6.45) is 1.14. The normalized spacial score (nSPS) is 26.4. The van der Waals surface area contributed by atoms with Crippen molar-refractivity contribution in [3.8, 4) is 0 Å². The minimum Gasteiger partial charge on any atom is -0.310 e. The molecule has 0 saturated heterocycles. The van der Waals surface area contributed by atoms with Gasteiger partial charge in [0.2, 0.25) is 0 Å². The molecule has 1 aliphatic heterocycles. The van der Waals surface area contributed by atoms with Gasteiger partial charge >= 0.3 is 0 Å². The Morgan fingerprint density at radius 2 is 2.20 bits per heavy atom. The first-order valence-corrected chi connectivity index (χ1v) is 6.43. The number of thioether (sulfide) groups is 1. The minimum atomic E-state index is 0.0858. The smallest absolute Gasteiger partial charge is 0.255 e. The summed E-state index contributed by atoms with van der Waals surface area (Å²) in [5.41, 5.74) is 2.32. The molecule has 1 saturated carbocycles. The Bertz CT molecular complexity index is 478. The van der Waals surface area contributed by atoms with Crippen molar-refractivity contribution in [2.24, 2.45) is 5.41 Å². The van der Waals surface area contributed by atoms with E-state index in [-0.39, 0.29) is 5.56 Å². The van der Waals surface area contributed by atoms with Crippen LogP contribution in [-0.2, 0) is 11.5 Å². The molecule has 0 radical (unpaired) electrons. The van der Waals surface area contributed by atoms with Gasteiger partial charge in [0.1, 0.15) is 5.82 Å². The Kier molecular flexibility index (Phi) is 1.81. The molecule has 80 valence electrons. The van der Waals surface area contributed by atoms with Gasteiger partial charge in [-0.25, -0.2) is 4.98 Å². The lowest BCUT2D eigenvalue weighted by atomic mass is 10.1. The lowest BCUT2D eigenvalue weighted by Gasteiger charge is -2.04. The van der Waals surface area contributed by atoms with Crippen LogP contribution in [0.25, 0.3) is 0 Å². The lowest BCUT2D eigenvalue weighted by Crippen LogP contribution is -2.17. The summed E-state index contributed by atoms with van der Waals surface area (Å²) in [6, 6.07) is 0. The zero-order valence-electron chi connectivity index (χ0n) is 8.96. The lowest BCUT2D eigenvalue weighted by molar-refractivity contribution is 0.606. The van der Waals surface area contributed by atoms with Gasteiger partial charge in [-0.1, -0.05) is 13.8 Å². The van der Waals surface area contributed by atoms with E-state index >= 15 is 0 Å². The molecule has 1 atom stereocenters. The molecule has 4 heteroatoms. The fourth-order valence-electron chi connectivity index (χ4n) is 2.18. The fraction of sp³-hybridized carbons (Fsp3) is 0.636. The van der Waals surface area contributed by atoms with Crippen molar-refractivity contribution in [2.75, 3.05) is 0 Å². The number of fused-ring (bicyclic) bond motifs is 1. The van der Waals surface area contributed by atoms with E-state index in [4.69, 9.17) is 0 Å². The first kappa shape index (κ1) is 9.46. The summed E-state index contributed by atoms with van der Waals surface area (Å²) in [5.74, 6) is 3.10. The summed E-state index contributed by atoms with van der Waals surface area (Å²) in [7, 11) is 0. The summed E-state index contributed by atoms with van der Waals surface area (Å²) in [5, 5.41) is 0. The van der Waals surface area contributed by atoms with Crippen molar-refractivity contribution in [2.45, 2.75) is 37.7 Å². The Balaban J connectivity index is 2.05.